The number of aromatic nitrogens is 1. The van der Waals surface area contributed by atoms with Crippen molar-refractivity contribution in [2.45, 2.75) is 0 Å². The second-order valence-corrected chi connectivity index (χ2v) is 3.58. The summed E-state index contributed by atoms with van der Waals surface area (Å²) in [5.41, 5.74) is 0.807. The molecule has 1 aromatic carbocycles. The van der Waals surface area contributed by atoms with Crippen LogP contribution in [-0.2, 0) is 23.7 Å². The van der Waals surface area contributed by atoms with E-state index in [0.29, 0.717) is 5.01 Å². The van der Waals surface area contributed by atoms with Crippen molar-refractivity contribution in [3.05, 3.63) is 29.3 Å². The minimum atomic E-state index is -0.510. The van der Waals surface area contributed by atoms with Crippen molar-refractivity contribution in [2.75, 3.05) is 0 Å². The molecular formula is C8H5NO2S2Zn. The zero-order valence-electron chi connectivity index (χ0n) is 7.14. The molecule has 2 aromatic rings. The van der Waals surface area contributed by atoms with Crippen molar-refractivity contribution in [3.63, 3.8) is 0 Å². The molecule has 68 valence electrons. The molecule has 0 N–H and O–H groups in total. The molecule has 0 aliphatic rings. The summed E-state index contributed by atoms with van der Waals surface area (Å²) in [4.78, 5) is 15.1. The Morgan fingerprint density at radius 3 is 2.79 bits per heavy atom. The summed E-state index contributed by atoms with van der Waals surface area (Å²) in [5, 5.41) is 0.330. The van der Waals surface area contributed by atoms with E-state index < -0.39 is 5.97 Å². The number of hydrogen-bond donors (Lipinski definition) is 1. The maximum absolute atomic E-state index is 11.0. The molecule has 1 aromatic heterocycles. The van der Waals surface area contributed by atoms with Crippen molar-refractivity contribution in [1.82, 2.24) is 4.98 Å². The van der Waals surface area contributed by atoms with Gasteiger partial charge in [0.2, 0.25) is 5.01 Å². The number of carbonyl (C=O) groups is 1. The minimum absolute atomic E-state index is 0. The second kappa shape index (κ2) is 4.87. The first kappa shape index (κ1) is 11.6. The third kappa shape index (κ3) is 2.13. The Morgan fingerprint density at radius 1 is 1.43 bits per heavy atom. The van der Waals surface area contributed by atoms with Gasteiger partial charge in [-0.05, 0) is 12.1 Å². The largest absolute Gasteiger partial charge is 0.389 e. The SMILES string of the molecule is O=C(OS)c1nc2ccccc2s1.[Zn]. The van der Waals surface area contributed by atoms with Crippen LogP contribution in [0.5, 0.6) is 0 Å². The molecule has 0 unspecified atom stereocenters. The molecule has 0 amide bonds. The summed E-state index contributed by atoms with van der Waals surface area (Å²) < 4.78 is 5.24. The van der Waals surface area contributed by atoms with Crippen LogP contribution >= 0.6 is 24.2 Å². The molecule has 1 heterocycles. The number of nitrogens with zero attached hydrogens (tertiary/aromatic N) is 1. The monoisotopic (exact) mass is 275 g/mol. The van der Waals surface area contributed by atoms with E-state index in [2.05, 4.69) is 22.1 Å². The van der Waals surface area contributed by atoms with E-state index in [1.165, 1.54) is 11.3 Å². The van der Waals surface area contributed by atoms with E-state index in [4.69, 9.17) is 0 Å². The Hall–Kier alpha value is -0.447. The molecule has 2 rings (SSSR count). The van der Waals surface area contributed by atoms with Gasteiger partial charge in [-0.3, -0.25) is 0 Å². The molecule has 0 aliphatic heterocycles. The summed E-state index contributed by atoms with van der Waals surface area (Å²) >= 11 is 4.72. The number of benzene rings is 1. The fourth-order valence-electron chi connectivity index (χ4n) is 0.999. The fourth-order valence-corrected chi connectivity index (χ4v) is 1.99. The predicted octanol–water partition coefficient (Wildman–Crippen LogP) is 2.30. The number of thiol groups is 1. The van der Waals surface area contributed by atoms with Crippen LogP contribution in [0, 0.1) is 0 Å². The number of hydrogen-bond acceptors (Lipinski definition) is 5. The zero-order valence-corrected chi connectivity index (χ0v) is 11.8. The van der Waals surface area contributed by atoms with Crippen LogP contribution in [0.15, 0.2) is 24.3 Å². The van der Waals surface area contributed by atoms with Crippen LogP contribution in [-0.4, -0.2) is 11.0 Å². The van der Waals surface area contributed by atoms with E-state index in [-0.39, 0.29) is 19.5 Å². The molecule has 0 atom stereocenters. The summed E-state index contributed by atoms with van der Waals surface area (Å²) in [6.45, 7) is 0. The number of fused-ring (bicyclic) bond motifs is 1. The van der Waals surface area contributed by atoms with Gasteiger partial charge in [-0.15, -0.1) is 11.3 Å². The molecule has 3 nitrogen and oxygen atoms in total. The summed E-state index contributed by atoms with van der Waals surface area (Å²) in [6, 6.07) is 7.53. The van der Waals surface area contributed by atoms with Gasteiger partial charge < -0.3 is 4.18 Å². The normalized spacial score (nSPS) is 9.50. The van der Waals surface area contributed by atoms with Gasteiger partial charge in [-0.1, -0.05) is 12.1 Å². The first-order valence-corrected chi connectivity index (χ1v) is 4.71. The van der Waals surface area contributed by atoms with Gasteiger partial charge in [-0.2, -0.15) is 0 Å². The quantitative estimate of drug-likeness (QED) is 0.493. The van der Waals surface area contributed by atoms with Gasteiger partial charge in [-0.25, -0.2) is 9.78 Å². The van der Waals surface area contributed by atoms with E-state index in [0.717, 1.165) is 10.2 Å². The topological polar surface area (TPSA) is 39.2 Å². The smallest absolute Gasteiger partial charge is 0.379 e. The number of para-hydroxylation sites is 1. The standard InChI is InChI=1S/C8H5NO2S2.Zn/c10-8(11-12)7-9-5-3-1-2-4-6(5)13-7;/h1-4,12H;. The molecule has 0 aliphatic carbocycles. The molecule has 0 saturated carbocycles. The van der Waals surface area contributed by atoms with Crippen molar-refractivity contribution >= 4 is 40.4 Å². The van der Waals surface area contributed by atoms with Crippen molar-refractivity contribution < 1.29 is 28.5 Å². The van der Waals surface area contributed by atoms with Crippen molar-refractivity contribution in [3.8, 4) is 0 Å². The summed E-state index contributed by atoms with van der Waals surface area (Å²) in [6.07, 6.45) is 0. The first-order chi connectivity index (χ1) is 6.31. The molecule has 6 heteroatoms. The molecule has 0 fully saturated rings. The van der Waals surface area contributed by atoms with Gasteiger partial charge in [0.05, 0.1) is 10.2 Å². The third-order valence-corrected chi connectivity index (χ3v) is 2.73. The van der Waals surface area contributed by atoms with Gasteiger partial charge in [0, 0.05) is 32.4 Å². The molecule has 0 radical (unpaired) electrons. The third-order valence-electron chi connectivity index (χ3n) is 1.55. The van der Waals surface area contributed by atoms with Gasteiger partial charge in [0.15, 0.2) is 0 Å². The van der Waals surface area contributed by atoms with E-state index in [1.54, 1.807) is 0 Å². The Kier molecular flexibility index (Phi) is 4.04. The van der Waals surface area contributed by atoms with Crippen molar-refractivity contribution in [1.29, 1.82) is 0 Å². The Balaban J connectivity index is 0.000000980. The van der Waals surface area contributed by atoms with E-state index in [9.17, 15) is 4.79 Å². The number of carbonyl (C=O) groups excluding carboxylic acids is 1. The summed E-state index contributed by atoms with van der Waals surface area (Å²) in [7, 11) is 0. The average molecular weight is 277 g/mol. The zero-order chi connectivity index (χ0) is 9.26. The summed E-state index contributed by atoms with van der Waals surface area (Å²) in [5.74, 6) is -0.510. The average Bonchev–Trinajstić information content (AvgIpc) is 2.59. The Labute approximate surface area is 103 Å². The fraction of sp³-hybridized carbons (Fsp3) is 0. The van der Waals surface area contributed by atoms with Crippen LogP contribution in [0.2, 0.25) is 0 Å². The maximum Gasteiger partial charge on any atom is 0.379 e. The molecular weight excluding hydrogens is 272 g/mol. The van der Waals surface area contributed by atoms with Crippen LogP contribution < -0.4 is 0 Å². The van der Waals surface area contributed by atoms with Gasteiger partial charge in [0.25, 0.3) is 0 Å². The van der Waals surface area contributed by atoms with Crippen molar-refractivity contribution in [2.24, 2.45) is 0 Å². The minimum Gasteiger partial charge on any atom is -0.389 e. The number of thiazole rings is 1. The molecule has 0 bridgehead atoms. The number of rotatable bonds is 1. The molecule has 0 spiro atoms. The first-order valence-electron chi connectivity index (χ1n) is 3.52. The second-order valence-electron chi connectivity index (χ2n) is 2.37. The maximum atomic E-state index is 11.0. The van der Waals surface area contributed by atoms with E-state index in [1.807, 2.05) is 24.3 Å². The molecule has 0 saturated heterocycles. The predicted molar refractivity (Wildman–Crippen MR) is 54.0 cm³/mol. The van der Waals surface area contributed by atoms with Crippen LogP contribution in [0.4, 0.5) is 0 Å². The Bertz CT molecular complexity index is 424. The van der Waals surface area contributed by atoms with E-state index >= 15 is 0 Å². The van der Waals surface area contributed by atoms with Crippen LogP contribution in [0.1, 0.15) is 9.80 Å². The van der Waals surface area contributed by atoms with Crippen LogP contribution in [0.25, 0.3) is 10.2 Å². The van der Waals surface area contributed by atoms with Gasteiger partial charge in [0.1, 0.15) is 0 Å². The van der Waals surface area contributed by atoms with Crippen LogP contribution in [0.3, 0.4) is 0 Å². The molecule has 14 heavy (non-hydrogen) atoms. The van der Waals surface area contributed by atoms with Gasteiger partial charge >= 0.3 is 5.97 Å². The Morgan fingerprint density at radius 2 is 2.14 bits per heavy atom.